The van der Waals surface area contributed by atoms with Gasteiger partial charge in [0.15, 0.2) is 0 Å². The first-order chi connectivity index (χ1) is 7.26. The Bertz CT molecular complexity index is 555. The van der Waals surface area contributed by atoms with Crippen molar-refractivity contribution < 1.29 is 4.74 Å². The van der Waals surface area contributed by atoms with E-state index in [2.05, 4.69) is 11.1 Å². The smallest absolute Gasteiger partial charge is 0.121 e. The van der Waals surface area contributed by atoms with Crippen molar-refractivity contribution in [2.24, 2.45) is 0 Å². The van der Waals surface area contributed by atoms with E-state index in [-0.39, 0.29) is 0 Å². The number of aryl methyl sites for hydroxylation is 1. The third kappa shape index (κ3) is 1.50. The molecule has 3 nitrogen and oxygen atoms in total. The predicted molar refractivity (Wildman–Crippen MR) is 57.7 cm³/mol. The molecule has 0 unspecified atom stereocenters. The molecule has 3 heteroatoms. The summed E-state index contributed by atoms with van der Waals surface area (Å²) in [5.74, 6) is 0.777. The monoisotopic (exact) mass is 198 g/mol. The Morgan fingerprint density at radius 1 is 1.40 bits per heavy atom. The minimum absolute atomic E-state index is 0.618. The van der Waals surface area contributed by atoms with Gasteiger partial charge in [0.2, 0.25) is 0 Å². The van der Waals surface area contributed by atoms with E-state index < -0.39 is 0 Å². The first-order valence-electron chi connectivity index (χ1n) is 4.59. The summed E-state index contributed by atoms with van der Waals surface area (Å²) in [5.41, 5.74) is 2.43. The summed E-state index contributed by atoms with van der Waals surface area (Å²) in [6.45, 7) is 1.93. The number of nitrogens with zero attached hydrogens (tertiary/aromatic N) is 2. The Morgan fingerprint density at radius 2 is 2.20 bits per heavy atom. The Hall–Kier alpha value is -2.08. The van der Waals surface area contributed by atoms with Crippen molar-refractivity contribution in [1.29, 1.82) is 5.26 Å². The topological polar surface area (TPSA) is 45.9 Å². The zero-order valence-electron chi connectivity index (χ0n) is 8.61. The standard InChI is InChI=1S/C12H10N2O/c1-8-9(6-13)7-14-12-5-10(15-2)3-4-11(8)12/h3-5,7H,1-2H3. The van der Waals surface area contributed by atoms with Crippen LogP contribution in [0.1, 0.15) is 11.1 Å². The maximum Gasteiger partial charge on any atom is 0.121 e. The molecule has 1 aromatic heterocycles. The number of methoxy groups -OCH3 is 1. The lowest BCUT2D eigenvalue weighted by Gasteiger charge is -2.05. The molecule has 0 spiro atoms. The second kappa shape index (κ2) is 3.58. The summed E-state index contributed by atoms with van der Waals surface area (Å²) >= 11 is 0. The molecule has 74 valence electrons. The molecule has 0 saturated carbocycles. The van der Waals surface area contributed by atoms with Gasteiger partial charge in [-0.2, -0.15) is 5.26 Å². The summed E-state index contributed by atoms with van der Waals surface area (Å²) in [6, 6.07) is 7.79. The van der Waals surface area contributed by atoms with Crippen molar-refractivity contribution in [3.8, 4) is 11.8 Å². The van der Waals surface area contributed by atoms with E-state index in [4.69, 9.17) is 10.00 Å². The first kappa shape index (κ1) is 9.47. The van der Waals surface area contributed by atoms with E-state index in [1.165, 1.54) is 0 Å². The van der Waals surface area contributed by atoms with Crippen LogP contribution < -0.4 is 4.74 Å². The first-order valence-corrected chi connectivity index (χ1v) is 4.59. The number of benzene rings is 1. The molecule has 0 aliphatic heterocycles. The highest BCUT2D eigenvalue weighted by atomic mass is 16.5. The second-order valence-electron chi connectivity index (χ2n) is 3.29. The zero-order valence-corrected chi connectivity index (χ0v) is 8.61. The van der Waals surface area contributed by atoms with Gasteiger partial charge in [-0.25, -0.2) is 0 Å². The number of fused-ring (bicyclic) bond motifs is 1. The molecule has 15 heavy (non-hydrogen) atoms. The van der Waals surface area contributed by atoms with Crippen molar-refractivity contribution in [2.75, 3.05) is 7.11 Å². The highest BCUT2D eigenvalue weighted by molar-refractivity contribution is 5.84. The molecule has 2 aromatic rings. The Balaban J connectivity index is 2.75. The number of ether oxygens (including phenoxy) is 1. The van der Waals surface area contributed by atoms with Gasteiger partial charge in [0.1, 0.15) is 11.8 Å². The average Bonchev–Trinajstić information content (AvgIpc) is 2.29. The van der Waals surface area contributed by atoms with Gasteiger partial charge in [-0.1, -0.05) is 0 Å². The largest absolute Gasteiger partial charge is 0.497 e. The summed E-state index contributed by atoms with van der Waals surface area (Å²) in [6.07, 6.45) is 1.59. The molecule has 1 aromatic carbocycles. The number of hydrogen-bond acceptors (Lipinski definition) is 3. The fraction of sp³-hybridized carbons (Fsp3) is 0.167. The van der Waals surface area contributed by atoms with Crippen LogP contribution in [0.25, 0.3) is 10.9 Å². The molecule has 0 amide bonds. The van der Waals surface area contributed by atoms with Crippen LogP contribution in [0.15, 0.2) is 24.4 Å². The van der Waals surface area contributed by atoms with Crippen LogP contribution in [0.3, 0.4) is 0 Å². The SMILES string of the molecule is COc1ccc2c(C)c(C#N)cnc2c1. The number of aromatic nitrogens is 1. The van der Waals surface area contributed by atoms with Gasteiger partial charge in [0.05, 0.1) is 18.2 Å². The predicted octanol–water partition coefficient (Wildman–Crippen LogP) is 2.42. The molecule has 0 fully saturated rings. The van der Waals surface area contributed by atoms with Crippen LogP contribution >= 0.6 is 0 Å². The summed E-state index contributed by atoms with van der Waals surface area (Å²) in [7, 11) is 1.62. The van der Waals surface area contributed by atoms with Gasteiger partial charge in [0, 0.05) is 17.6 Å². The minimum atomic E-state index is 0.618. The fourth-order valence-corrected chi connectivity index (χ4v) is 1.55. The normalized spacial score (nSPS) is 9.93. The van der Waals surface area contributed by atoms with Crippen LogP contribution in [0.5, 0.6) is 5.75 Å². The zero-order chi connectivity index (χ0) is 10.8. The Labute approximate surface area is 87.9 Å². The molecule has 0 bridgehead atoms. The van der Waals surface area contributed by atoms with Crippen LogP contribution in [0, 0.1) is 18.3 Å². The average molecular weight is 198 g/mol. The van der Waals surface area contributed by atoms with Gasteiger partial charge in [-0.05, 0) is 24.6 Å². The number of nitriles is 1. The minimum Gasteiger partial charge on any atom is -0.497 e. The lowest BCUT2D eigenvalue weighted by atomic mass is 10.1. The molecule has 0 saturated heterocycles. The van der Waals surface area contributed by atoms with Crippen molar-refractivity contribution in [1.82, 2.24) is 4.98 Å². The van der Waals surface area contributed by atoms with Gasteiger partial charge in [-0.3, -0.25) is 4.98 Å². The Kier molecular flexibility index (Phi) is 2.26. The van der Waals surface area contributed by atoms with Crippen molar-refractivity contribution in [3.63, 3.8) is 0 Å². The van der Waals surface area contributed by atoms with E-state index in [1.54, 1.807) is 13.3 Å². The van der Waals surface area contributed by atoms with E-state index in [9.17, 15) is 0 Å². The molecule has 0 aliphatic carbocycles. The molecule has 0 radical (unpaired) electrons. The molecule has 0 atom stereocenters. The van der Waals surface area contributed by atoms with E-state index >= 15 is 0 Å². The quantitative estimate of drug-likeness (QED) is 0.706. The maximum absolute atomic E-state index is 8.86. The summed E-state index contributed by atoms with van der Waals surface area (Å²) in [4.78, 5) is 4.22. The van der Waals surface area contributed by atoms with E-state index in [1.807, 2.05) is 25.1 Å². The molecular formula is C12H10N2O. The van der Waals surface area contributed by atoms with Crippen molar-refractivity contribution in [2.45, 2.75) is 6.92 Å². The molecule has 0 aliphatic rings. The third-order valence-electron chi connectivity index (χ3n) is 2.47. The van der Waals surface area contributed by atoms with Crippen LogP contribution in [-0.2, 0) is 0 Å². The van der Waals surface area contributed by atoms with Gasteiger partial charge < -0.3 is 4.74 Å². The maximum atomic E-state index is 8.86. The van der Waals surface area contributed by atoms with E-state index in [0.29, 0.717) is 5.56 Å². The van der Waals surface area contributed by atoms with Gasteiger partial charge in [-0.15, -0.1) is 0 Å². The molecule has 2 rings (SSSR count). The second-order valence-corrected chi connectivity index (χ2v) is 3.29. The van der Waals surface area contributed by atoms with Crippen LogP contribution in [0.2, 0.25) is 0 Å². The summed E-state index contributed by atoms with van der Waals surface area (Å²) < 4.78 is 5.11. The van der Waals surface area contributed by atoms with E-state index in [0.717, 1.165) is 22.2 Å². The van der Waals surface area contributed by atoms with Crippen molar-refractivity contribution in [3.05, 3.63) is 35.5 Å². The number of hydrogen-bond donors (Lipinski definition) is 0. The third-order valence-corrected chi connectivity index (χ3v) is 2.47. The van der Waals surface area contributed by atoms with Crippen LogP contribution in [0.4, 0.5) is 0 Å². The summed E-state index contributed by atoms with van der Waals surface area (Å²) in [5, 5.41) is 9.86. The molecule has 0 N–H and O–H groups in total. The lowest BCUT2D eigenvalue weighted by Crippen LogP contribution is -1.90. The fourth-order valence-electron chi connectivity index (χ4n) is 1.55. The number of pyridine rings is 1. The highest BCUT2D eigenvalue weighted by Crippen LogP contribution is 2.23. The van der Waals surface area contributed by atoms with Crippen molar-refractivity contribution >= 4 is 10.9 Å². The number of rotatable bonds is 1. The van der Waals surface area contributed by atoms with Gasteiger partial charge >= 0.3 is 0 Å². The Morgan fingerprint density at radius 3 is 2.87 bits per heavy atom. The highest BCUT2D eigenvalue weighted by Gasteiger charge is 2.04. The molecule has 1 heterocycles. The van der Waals surface area contributed by atoms with Crippen LogP contribution in [-0.4, -0.2) is 12.1 Å². The van der Waals surface area contributed by atoms with Gasteiger partial charge in [0.25, 0.3) is 0 Å². The lowest BCUT2D eigenvalue weighted by molar-refractivity contribution is 0.415. The molecular weight excluding hydrogens is 188 g/mol.